The van der Waals surface area contributed by atoms with E-state index in [4.69, 9.17) is 16.3 Å². The van der Waals surface area contributed by atoms with E-state index in [1.165, 1.54) is 0 Å². The number of nitrogens with one attached hydrogen (secondary N) is 4. The maximum atomic E-state index is 13.9. The number of nitrogens with zero attached hydrogens (tertiary/aromatic N) is 3. The summed E-state index contributed by atoms with van der Waals surface area (Å²) in [6.07, 6.45) is 5.37. The van der Waals surface area contributed by atoms with Gasteiger partial charge < -0.3 is 20.7 Å². The number of hydrogen-bond donors (Lipinski definition) is 4. The Morgan fingerprint density at radius 2 is 1.60 bits per heavy atom. The van der Waals surface area contributed by atoms with Gasteiger partial charge in [-0.05, 0) is 137 Å². The number of amides is 3. The van der Waals surface area contributed by atoms with E-state index in [9.17, 15) is 19.2 Å². The molecule has 2 saturated carbocycles. The zero-order valence-corrected chi connectivity index (χ0v) is 32.6. The van der Waals surface area contributed by atoms with E-state index in [2.05, 4.69) is 36.6 Å². The summed E-state index contributed by atoms with van der Waals surface area (Å²) in [7, 11) is 0. The Bertz CT molecular complexity index is 1950. The number of carbonyl (C=O) groups excluding carboxylic acids is 4. The van der Waals surface area contributed by atoms with Gasteiger partial charge in [0.1, 0.15) is 11.4 Å². The highest BCUT2D eigenvalue weighted by Crippen LogP contribution is 2.34. The minimum Gasteiger partial charge on any atom is -0.444 e. The molecule has 12 nitrogen and oxygen atoms in total. The number of benzene rings is 3. The molecule has 0 bridgehead atoms. The standard InChI is InChI=1S/C42H50ClN7O5/c1-25(28-13-14-28)45-39(52)32-17-20-35(36(43)22-32)29-9-5-26(6-10-29)21-33(40(53)46-34-18-15-31(16-19-34)38-47-49-50-48-38)23-37(51)30-11-7-27(8-12-30)24-44-41(54)55-42(2,3)4/h5-6,9-10,15-20,22,25,27-28,30,33H,7-8,11-14,21,23-24H2,1-4H3,(H,44,54)(H,45,52)(H,46,53)(H,47,48,49,50). The third-order valence-electron chi connectivity index (χ3n) is 10.5. The first kappa shape index (κ1) is 39.6. The number of Topliss-reactive ketones (excluding diaryl/α,β-unsaturated/α-hetero) is 1. The van der Waals surface area contributed by atoms with Crippen LogP contribution in [-0.4, -0.2) is 62.5 Å². The van der Waals surface area contributed by atoms with Crippen LogP contribution in [0.15, 0.2) is 66.7 Å². The zero-order valence-electron chi connectivity index (χ0n) is 31.9. The first-order valence-electron chi connectivity index (χ1n) is 19.2. The van der Waals surface area contributed by atoms with E-state index < -0.39 is 17.6 Å². The van der Waals surface area contributed by atoms with Crippen LogP contribution in [0.25, 0.3) is 22.5 Å². The molecule has 4 N–H and O–H groups in total. The quantitative estimate of drug-likeness (QED) is 0.101. The molecule has 4 aromatic rings. The van der Waals surface area contributed by atoms with E-state index >= 15 is 0 Å². The van der Waals surface area contributed by atoms with Gasteiger partial charge in [0.05, 0.1) is 0 Å². The molecule has 3 aromatic carbocycles. The molecule has 0 spiro atoms. The fraction of sp³-hybridized carbons (Fsp3) is 0.452. The van der Waals surface area contributed by atoms with Gasteiger partial charge >= 0.3 is 6.09 Å². The second-order valence-corrected chi connectivity index (χ2v) is 16.4. The van der Waals surface area contributed by atoms with Crippen LogP contribution in [0.1, 0.15) is 88.6 Å². The first-order valence-corrected chi connectivity index (χ1v) is 19.5. The number of carbonyl (C=O) groups is 4. The molecule has 2 unspecified atom stereocenters. The molecule has 0 aliphatic heterocycles. The lowest BCUT2D eigenvalue weighted by molar-refractivity contribution is -0.129. The van der Waals surface area contributed by atoms with Gasteiger partial charge in [-0.3, -0.25) is 14.4 Å². The number of alkyl carbamates (subject to hydrolysis) is 1. The average Bonchev–Trinajstić information content (AvgIpc) is 3.87. The number of ketones is 1. The molecule has 2 fully saturated rings. The van der Waals surface area contributed by atoms with Crippen molar-refractivity contribution < 1.29 is 23.9 Å². The van der Waals surface area contributed by atoms with Crippen LogP contribution in [0.5, 0.6) is 0 Å². The van der Waals surface area contributed by atoms with Gasteiger partial charge in [0, 0.05) is 58.2 Å². The van der Waals surface area contributed by atoms with Crippen molar-refractivity contribution in [2.75, 3.05) is 11.9 Å². The summed E-state index contributed by atoms with van der Waals surface area (Å²) in [5, 5.41) is 23.5. The summed E-state index contributed by atoms with van der Waals surface area (Å²) in [5.74, 6) is 0.211. The van der Waals surface area contributed by atoms with E-state index in [1.807, 2.05) is 58.0 Å². The number of aromatic amines is 1. The molecule has 3 amide bonds. The van der Waals surface area contributed by atoms with Gasteiger partial charge in [-0.2, -0.15) is 5.21 Å². The molecule has 13 heteroatoms. The van der Waals surface area contributed by atoms with Crippen LogP contribution in [0, 0.1) is 23.7 Å². The molecule has 2 aliphatic carbocycles. The summed E-state index contributed by atoms with van der Waals surface area (Å²) in [6.45, 7) is 8.03. The summed E-state index contributed by atoms with van der Waals surface area (Å²) in [4.78, 5) is 52.6. The maximum Gasteiger partial charge on any atom is 0.407 e. The second kappa shape index (κ2) is 17.6. The lowest BCUT2D eigenvalue weighted by Crippen LogP contribution is -2.37. The third-order valence-corrected chi connectivity index (χ3v) is 10.8. The van der Waals surface area contributed by atoms with E-state index in [0.29, 0.717) is 53.8 Å². The number of ether oxygens (including phenoxy) is 1. The van der Waals surface area contributed by atoms with Gasteiger partial charge in [-0.1, -0.05) is 41.9 Å². The second-order valence-electron chi connectivity index (χ2n) is 16.0. The Morgan fingerprint density at radius 3 is 2.22 bits per heavy atom. The summed E-state index contributed by atoms with van der Waals surface area (Å²) in [6, 6.07) is 20.4. The van der Waals surface area contributed by atoms with Crippen molar-refractivity contribution in [3.05, 3.63) is 82.9 Å². The predicted molar refractivity (Wildman–Crippen MR) is 211 cm³/mol. The zero-order chi connectivity index (χ0) is 39.1. The number of hydrogen-bond acceptors (Lipinski definition) is 8. The van der Waals surface area contributed by atoms with Gasteiger partial charge in [-0.15, -0.1) is 10.2 Å². The van der Waals surface area contributed by atoms with Crippen molar-refractivity contribution in [2.45, 2.75) is 90.7 Å². The molecule has 290 valence electrons. The number of aromatic nitrogens is 4. The number of halogens is 1. The minimum atomic E-state index is -0.610. The highest BCUT2D eigenvalue weighted by atomic mass is 35.5. The predicted octanol–water partition coefficient (Wildman–Crippen LogP) is 7.80. The summed E-state index contributed by atoms with van der Waals surface area (Å²) < 4.78 is 5.36. The monoisotopic (exact) mass is 767 g/mol. The van der Waals surface area contributed by atoms with Crippen LogP contribution < -0.4 is 16.0 Å². The highest BCUT2D eigenvalue weighted by molar-refractivity contribution is 6.33. The van der Waals surface area contributed by atoms with Crippen molar-refractivity contribution >= 4 is 41.0 Å². The lowest BCUT2D eigenvalue weighted by Gasteiger charge is -2.29. The van der Waals surface area contributed by atoms with Crippen molar-refractivity contribution in [3.63, 3.8) is 0 Å². The molecule has 0 radical (unpaired) electrons. The molecule has 1 heterocycles. The molecule has 2 atom stereocenters. The van der Waals surface area contributed by atoms with Crippen LogP contribution in [0.3, 0.4) is 0 Å². The number of tetrazole rings is 1. The molecule has 2 aliphatic rings. The number of H-pyrrole nitrogens is 1. The number of anilines is 1. The van der Waals surface area contributed by atoms with Crippen LogP contribution in [0.2, 0.25) is 5.02 Å². The fourth-order valence-corrected chi connectivity index (χ4v) is 7.42. The summed E-state index contributed by atoms with van der Waals surface area (Å²) >= 11 is 6.69. The van der Waals surface area contributed by atoms with E-state index in [0.717, 1.165) is 47.9 Å². The van der Waals surface area contributed by atoms with Crippen molar-refractivity contribution in [1.29, 1.82) is 0 Å². The highest BCUT2D eigenvalue weighted by Gasteiger charge is 2.31. The van der Waals surface area contributed by atoms with Crippen molar-refractivity contribution in [2.24, 2.45) is 23.7 Å². The molecular formula is C42H50ClN7O5. The van der Waals surface area contributed by atoms with Gasteiger partial charge in [0.2, 0.25) is 11.7 Å². The lowest BCUT2D eigenvalue weighted by atomic mass is 9.77. The SMILES string of the molecule is CC(NC(=O)c1ccc(-c2ccc(CC(CC(=O)C3CCC(CNC(=O)OC(C)(C)C)CC3)C(=O)Nc3ccc(-c4nn[nH]n4)cc3)cc2)c(Cl)c1)C1CC1. The Hall–Kier alpha value is -5.10. The third kappa shape index (κ3) is 11.2. The largest absolute Gasteiger partial charge is 0.444 e. The van der Waals surface area contributed by atoms with Gasteiger partial charge in [0.25, 0.3) is 5.91 Å². The Kier molecular flexibility index (Phi) is 12.7. The average molecular weight is 768 g/mol. The van der Waals surface area contributed by atoms with E-state index in [-0.39, 0.29) is 41.9 Å². The molecular weight excluding hydrogens is 718 g/mol. The van der Waals surface area contributed by atoms with E-state index in [1.54, 1.807) is 36.4 Å². The first-order chi connectivity index (χ1) is 26.3. The molecule has 55 heavy (non-hydrogen) atoms. The summed E-state index contributed by atoms with van der Waals surface area (Å²) in [5.41, 5.74) is 3.88. The maximum absolute atomic E-state index is 13.9. The number of rotatable bonds is 14. The smallest absolute Gasteiger partial charge is 0.407 e. The normalized spacial score (nSPS) is 18.1. The van der Waals surface area contributed by atoms with Crippen molar-refractivity contribution in [1.82, 2.24) is 31.3 Å². The van der Waals surface area contributed by atoms with Gasteiger partial charge in [0.15, 0.2) is 0 Å². The Balaban J connectivity index is 1.10. The van der Waals surface area contributed by atoms with Crippen LogP contribution in [-0.2, 0) is 20.7 Å². The Labute approximate surface area is 326 Å². The van der Waals surface area contributed by atoms with Gasteiger partial charge in [-0.25, -0.2) is 4.79 Å². The van der Waals surface area contributed by atoms with Crippen LogP contribution >= 0.6 is 11.6 Å². The van der Waals surface area contributed by atoms with Crippen LogP contribution in [0.4, 0.5) is 10.5 Å². The fourth-order valence-electron chi connectivity index (χ4n) is 7.13. The molecule has 6 rings (SSSR count). The molecule has 0 saturated heterocycles. The minimum absolute atomic E-state index is 0.0743. The Morgan fingerprint density at radius 1 is 0.909 bits per heavy atom. The molecule has 1 aromatic heterocycles. The van der Waals surface area contributed by atoms with Crippen molar-refractivity contribution in [3.8, 4) is 22.5 Å². The topological polar surface area (TPSA) is 168 Å².